The Morgan fingerprint density at radius 1 is 1.08 bits per heavy atom. The van der Waals surface area contributed by atoms with Gasteiger partial charge in [-0.15, -0.1) is 5.10 Å². The number of ether oxygens (including phenoxy) is 2. The maximum atomic E-state index is 12.6. The number of tetrazole rings is 1. The predicted molar refractivity (Wildman–Crippen MR) is 94.5 cm³/mol. The second kappa shape index (κ2) is 7.64. The number of hydrogen-bond acceptors (Lipinski definition) is 6. The third kappa shape index (κ3) is 3.64. The maximum absolute atomic E-state index is 12.6. The number of rotatable bonds is 6. The van der Waals surface area contributed by atoms with Gasteiger partial charge >= 0.3 is 0 Å². The fourth-order valence-electron chi connectivity index (χ4n) is 2.58. The lowest BCUT2D eigenvalue weighted by Gasteiger charge is -2.18. The zero-order chi connectivity index (χ0) is 18.5. The summed E-state index contributed by atoms with van der Waals surface area (Å²) < 4.78 is 12.1. The number of amides is 1. The summed E-state index contributed by atoms with van der Waals surface area (Å²) in [5, 5.41) is 11.0. The highest BCUT2D eigenvalue weighted by Gasteiger charge is 2.14. The molecule has 8 nitrogen and oxygen atoms in total. The van der Waals surface area contributed by atoms with E-state index < -0.39 is 0 Å². The molecular formula is C18H19N5O3. The molecule has 0 bridgehead atoms. The summed E-state index contributed by atoms with van der Waals surface area (Å²) in [6, 6.07) is 12.7. The Kier molecular flexibility index (Phi) is 5.12. The molecule has 26 heavy (non-hydrogen) atoms. The van der Waals surface area contributed by atoms with Gasteiger partial charge in [0.1, 0.15) is 6.33 Å². The van der Waals surface area contributed by atoms with Gasteiger partial charge in [0.15, 0.2) is 11.5 Å². The molecule has 0 unspecified atom stereocenters. The molecule has 134 valence electrons. The summed E-state index contributed by atoms with van der Waals surface area (Å²) in [4.78, 5) is 14.3. The molecule has 3 aromatic rings. The van der Waals surface area contributed by atoms with E-state index in [4.69, 9.17) is 9.47 Å². The lowest BCUT2D eigenvalue weighted by molar-refractivity contribution is 0.0785. The second-order valence-corrected chi connectivity index (χ2v) is 5.65. The van der Waals surface area contributed by atoms with Crippen LogP contribution in [0.1, 0.15) is 15.9 Å². The topological polar surface area (TPSA) is 82.4 Å². The van der Waals surface area contributed by atoms with Crippen molar-refractivity contribution in [1.82, 2.24) is 25.1 Å². The normalized spacial score (nSPS) is 10.4. The fraction of sp³-hybridized carbons (Fsp3) is 0.222. The Balaban J connectivity index is 1.71. The SMILES string of the molecule is COc1ccc(CN(C)C(=O)c2ccc(-n3cnnn3)cc2)cc1OC. The van der Waals surface area contributed by atoms with E-state index >= 15 is 0 Å². The number of nitrogens with zero attached hydrogens (tertiary/aromatic N) is 5. The molecule has 1 amide bonds. The third-order valence-electron chi connectivity index (χ3n) is 3.94. The van der Waals surface area contributed by atoms with E-state index in [1.807, 2.05) is 18.2 Å². The lowest BCUT2D eigenvalue weighted by atomic mass is 10.1. The van der Waals surface area contributed by atoms with Crippen LogP contribution in [0.5, 0.6) is 11.5 Å². The molecule has 3 rings (SSSR count). The molecule has 0 fully saturated rings. The Bertz CT molecular complexity index is 878. The number of methoxy groups -OCH3 is 2. The van der Waals surface area contributed by atoms with E-state index in [9.17, 15) is 4.79 Å². The fourth-order valence-corrected chi connectivity index (χ4v) is 2.58. The van der Waals surface area contributed by atoms with Gasteiger partial charge in [-0.1, -0.05) is 6.07 Å². The largest absolute Gasteiger partial charge is 0.493 e. The zero-order valence-corrected chi connectivity index (χ0v) is 14.8. The van der Waals surface area contributed by atoms with Gasteiger partial charge in [0, 0.05) is 19.2 Å². The van der Waals surface area contributed by atoms with Crippen LogP contribution in [0.2, 0.25) is 0 Å². The standard InChI is InChI=1S/C18H19N5O3/c1-22(11-13-4-9-16(25-2)17(10-13)26-3)18(24)14-5-7-15(8-6-14)23-12-19-20-21-23/h4-10,12H,11H2,1-3H3. The molecule has 0 aliphatic rings. The van der Waals surface area contributed by atoms with E-state index in [1.165, 1.54) is 11.0 Å². The van der Waals surface area contributed by atoms with Crippen LogP contribution >= 0.6 is 0 Å². The van der Waals surface area contributed by atoms with Gasteiger partial charge in [0.25, 0.3) is 5.91 Å². The molecule has 0 atom stereocenters. The molecule has 0 radical (unpaired) electrons. The van der Waals surface area contributed by atoms with Crippen LogP contribution in [0, 0.1) is 0 Å². The van der Waals surface area contributed by atoms with Crippen molar-refractivity contribution in [2.75, 3.05) is 21.3 Å². The van der Waals surface area contributed by atoms with Gasteiger partial charge in [-0.05, 0) is 52.4 Å². The van der Waals surface area contributed by atoms with E-state index in [-0.39, 0.29) is 5.91 Å². The first kappa shape index (κ1) is 17.4. The monoisotopic (exact) mass is 353 g/mol. The first-order valence-electron chi connectivity index (χ1n) is 7.92. The van der Waals surface area contributed by atoms with Gasteiger partial charge in [-0.25, -0.2) is 4.68 Å². The lowest BCUT2D eigenvalue weighted by Crippen LogP contribution is -2.26. The van der Waals surface area contributed by atoms with Crippen LogP contribution < -0.4 is 9.47 Å². The smallest absolute Gasteiger partial charge is 0.253 e. The van der Waals surface area contributed by atoms with Crippen LogP contribution in [0.3, 0.4) is 0 Å². The summed E-state index contributed by atoms with van der Waals surface area (Å²) in [5.74, 6) is 1.21. The van der Waals surface area contributed by atoms with Crippen molar-refractivity contribution in [1.29, 1.82) is 0 Å². The molecule has 0 aliphatic heterocycles. The third-order valence-corrected chi connectivity index (χ3v) is 3.94. The number of carbonyl (C=O) groups excluding carboxylic acids is 1. The van der Waals surface area contributed by atoms with Crippen LogP contribution in [0.4, 0.5) is 0 Å². The van der Waals surface area contributed by atoms with Crippen LogP contribution in [-0.2, 0) is 6.54 Å². The van der Waals surface area contributed by atoms with Gasteiger partial charge in [-0.3, -0.25) is 4.79 Å². The van der Waals surface area contributed by atoms with Crippen LogP contribution in [-0.4, -0.2) is 52.3 Å². The van der Waals surface area contributed by atoms with Gasteiger partial charge in [0.05, 0.1) is 19.9 Å². The highest BCUT2D eigenvalue weighted by molar-refractivity contribution is 5.94. The minimum absolute atomic E-state index is 0.0805. The first-order chi connectivity index (χ1) is 12.6. The minimum Gasteiger partial charge on any atom is -0.493 e. The molecule has 0 spiro atoms. The van der Waals surface area contributed by atoms with Crippen molar-refractivity contribution in [3.63, 3.8) is 0 Å². The van der Waals surface area contributed by atoms with E-state index in [0.717, 1.165) is 11.3 Å². The van der Waals surface area contributed by atoms with Crippen molar-refractivity contribution in [2.45, 2.75) is 6.54 Å². The molecule has 1 aromatic heterocycles. The summed E-state index contributed by atoms with van der Waals surface area (Å²) in [6.07, 6.45) is 1.50. The van der Waals surface area contributed by atoms with Gasteiger partial charge < -0.3 is 14.4 Å². The Labute approximate surface area is 151 Å². The van der Waals surface area contributed by atoms with Crippen LogP contribution in [0.15, 0.2) is 48.8 Å². The van der Waals surface area contributed by atoms with Crippen molar-refractivity contribution >= 4 is 5.91 Å². The van der Waals surface area contributed by atoms with Crippen LogP contribution in [0.25, 0.3) is 5.69 Å². The number of benzene rings is 2. The summed E-state index contributed by atoms with van der Waals surface area (Å²) in [6.45, 7) is 0.452. The zero-order valence-electron chi connectivity index (χ0n) is 14.8. The highest BCUT2D eigenvalue weighted by atomic mass is 16.5. The minimum atomic E-state index is -0.0805. The average molecular weight is 353 g/mol. The van der Waals surface area contributed by atoms with Gasteiger partial charge in [0.2, 0.25) is 0 Å². The Morgan fingerprint density at radius 2 is 1.81 bits per heavy atom. The molecule has 1 heterocycles. The molecular weight excluding hydrogens is 334 g/mol. The summed E-state index contributed by atoms with van der Waals surface area (Å²) in [5.41, 5.74) is 2.32. The number of hydrogen-bond donors (Lipinski definition) is 0. The van der Waals surface area contributed by atoms with E-state index in [2.05, 4.69) is 15.5 Å². The quantitative estimate of drug-likeness (QED) is 0.674. The Hall–Kier alpha value is -3.42. The summed E-state index contributed by atoms with van der Waals surface area (Å²) >= 11 is 0. The van der Waals surface area contributed by atoms with Crippen molar-refractivity contribution < 1.29 is 14.3 Å². The Morgan fingerprint density at radius 3 is 2.42 bits per heavy atom. The molecule has 0 aliphatic carbocycles. The second-order valence-electron chi connectivity index (χ2n) is 5.65. The number of aromatic nitrogens is 4. The van der Waals surface area contributed by atoms with E-state index in [0.29, 0.717) is 23.6 Å². The van der Waals surface area contributed by atoms with Crippen molar-refractivity contribution in [2.24, 2.45) is 0 Å². The summed E-state index contributed by atoms with van der Waals surface area (Å²) in [7, 11) is 4.93. The highest BCUT2D eigenvalue weighted by Crippen LogP contribution is 2.28. The average Bonchev–Trinajstić information content (AvgIpc) is 3.22. The molecule has 2 aromatic carbocycles. The van der Waals surface area contributed by atoms with Gasteiger partial charge in [-0.2, -0.15) is 0 Å². The molecule has 8 heteroatoms. The molecule has 0 saturated carbocycles. The van der Waals surface area contributed by atoms with Crippen molar-refractivity contribution in [3.8, 4) is 17.2 Å². The molecule has 0 N–H and O–H groups in total. The number of carbonyl (C=O) groups is 1. The predicted octanol–water partition coefficient (Wildman–Crippen LogP) is 1.95. The van der Waals surface area contributed by atoms with E-state index in [1.54, 1.807) is 50.4 Å². The maximum Gasteiger partial charge on any atom is 0.253 e. The van der Waals surface area contributed by atoms with Crippen molar-refractivity contribution in [3.05, 3.63) is 59.9 Å². The molecule has 0 saturated heterocycles. The first-order valence-corrected chi connectivity index (χ1v) is 7.92.